The highest BCUT2D eigenvalue weighted by molar-refractivity contribution is 6.30. The van der Waals surface area contributed by atoms with Gasteiger partial charge in [-0.15, -0.1) is 5.10 Å². The number of hydrogen-bond donors (Lipinski definition) is 2. The molecule has 3 aromatic heterocycles. The molecule has 0 spiro atoms. The van der Waals surface area contributed by atoms with Gasteiger partial charge in [0.2, 0.25) is 0 Å². The lowest BCUT2D eigenvalue weighted by Crippen LogP contribution is -2.31. The first kappa shape index (κ1) is 27.3. The molecule has 12 heteroatoms. The maximum Gasteiger partial charge on any atom is 0.408 e. The number of hydrogen-bond acceptors (Lipinski definition) is 8. The Kier molecular flexibility index (Phi) is 8.77. The van der Waals surface area contributed by atoms with E-state index in [1.54, 1.807) is 49.1 Å². The van der Waals surface area contributed by atoms with Crippen LogP contribution in [0.5, 0.6) is 5.75 Å². The number of carboxylic acids is 1. The molecule has 0 aliphatic heterocycles. The molecule has 0 bridgehead atoms. The number of rotatable bonds is 9. The Morgan fingerprint density at radius 1 is 1.26 bits per heavy atom. The highest BCUT2D eigenvalue weighted by atomic mass is 35.5. The van der Waals surface area contributed by atoms with Crippen molar-refractivity contribution in [1.82, 2.24) is 30.3 Å². The molecule has 1 fully saturated rings. The maximum absolute atomic E-state index is 12.4. The Morgan fingerprint density at radius 2 is 2.05 bits per heavy atom. The predicted octanol–water partition coefficient (Wildman–Crippen LogP) is 4.49. The fourth-order valence-electron chi connectivity index (χ4n) is 4.66. The number of nitrogens with zero attached hydrogens (tertiary/aromatic N) is 5. The Labute approximate surface area is 225 Å². The predicted molar refractivity (Wildman–Crippen MR) is 139 cm³/mol. The van der Waals surface area contributed by atoms with Crippen LogP contribution in [-0.4, -0.2) is 48.7 Å². The molecule has 1 aliphatic carbocycles. The van der Waals surface area contributed by atoms with E-state index < -0.39 is 18.2 Å². The van der Waals surface area contributed by atoms with Crippen LogP contribution < -0.4 is 10.1 Å². The third kappa shape index (κ3) is 6.39. The number of halogens is 1. The van der Waals surface area contributed by atoms with Gasteiger partial charge in [-0.25, -0.2) is 19.4 Å². The number of aromatic nitrogens is 5. The lowest BCUT2D eigenvalue weighted by atomic mass is 9.80. The summed E-state index contributed by atoms with van der Waals surface area (Å²) in [7, 11) is 1.73. The third-order valence-electron chi connectivity index (χ3n) is 6.81. The lowest BCUT2D eigenvalue weighted by molar-refractivity contribution is -0.145. The van der Waals surface area contributed by atoms with Crippen molar-refractivity contribution >= 4 is 23.7 Å². The SMILES string of the molecule is Cc1nc(-c2nnn(C)c2CNC(=O)O[C@H](C)c2cccnc2Cl)ccc1OCC1CCCCC1C(=O)O. The van der Waals surface area contributed by atoms with Crippen molar-refractivity contribution in [2.45, 2.75) is 52.2 Å². The van der Waals surface area contributed by atoms with Crippen molar-refractivity contribution in [1.29, 1.82) is 0 Å². The smallest absolute Gasteiger partial charge is 0.408 e. The molecular weight excluding hydrogens is 512 g/mol. The fourth-order valence-corrected chi connectivity index (χ4v) is 4.93. The van der Waals surface area contributed by atoms with Gasteiger partial charge in [0.15, 0.2) is 0 Å². The molecule has 1 aliphatic rings. The first-order valence-corrected chi connectivity index (χ1v) is 12.9. The van der Waals surface area contributed by atoms with Crippen LogP contribution >= 0.6 is 11.6 Å². The van der Waals surface area contributed by atoms with Crippen LogP contribution in [0.25, 0.3) is 11.4 Å². The highest BCUT2D eigenvalue weighted by Gasteiger charge is 2.31. The van der Waals surface area contributed by atoms with Crippen LogP contribution in [0.2, 0.25) is 5.15 Å². The number of ether oxygens (including phenoxy) is 2. The van der Waals surface area contributed by atoms with E-state index >= 15 is 0 Å². The van der Waals surface area contributed by atoms with Crippen molar-refractivity contribution in [2.75, 3.05) is 6.61 Å². The molecule has 0 radical (unpaired) electrons. The lowest BCUT2D eigenvalue weighted by Gasteiger charge is -2.28. The van der Waals surface area contributed by atoms with E-state index in [1.807, 2.05) is 6.92 Å². The molecule has 202 valence electrons. The maximum atomic E-state index is 12.4. The molecule has 3 heterocycles. The van der Waals surface area contributed by atoms with Crippen LogP contribution in [0.15, 0.2) is 30.5 Å². The van der Waals surface area contributed by atoms with Gasteiger partial charge >= 0.3 is 12.1 Å². The molecule has 11 nitrogen and oxygen atoms in total. The minimum Gasteiger partial charge on any atom is -0.491 e. The van der Waals surface area contributed by atoms with Gasteiger partial charge in [-0.05, 0) is 44.9 Å². The van der Waals surface area contributed by atoms with Gasteiger partial charge in [0.25, 0.3) is 0 Å². The van der Waals surface area contributed by atoms with Crippen LogP contribution in [0.3, 0.4) is 0 Å². The van der Waals surface area contributed by atoms with E-state index in [0.717, 1.165) is 19.3 Å². The Morgan fingerprint density at radius 3 is 2.79 bits per heavy atom. The summed E-state index contributed by atoms with van der Waals surface area (Å²) in [5, 5.41) is 20.8. The van der Waals surface area contributed by atoms with E-state index in [0.29, 0.717) is 47.1 Å². The zero-order valence-corrected chi connectivity index (χ0v) is 22.3. The standard InChI is InChI=1S/C26H31ClN6O5/c1-15-22(37-14-17-7-4-5-8-19(17)25(34)35)11-10-20(30-15)23-21(33(3)32-31-23)13-29-26(36)38-16(2)18-9-6-12-28-24(18)27/h6,9-12,16-17,19H,4-5,7-8,13-14H2,1-3H3,(H,29,36)(H,34,35)/t16-,17?,19?/m1/s1. The first-order valence-electron chi connectivity index (χ1n) is 12.5. The average molecular weight is 543 g/mol. The van der Waals surface area contributed by atoms with Crippen molar-refractivity contribution in [2.24, 2.45) is 18.9 Å². The summed E-state index contributed by atoms with van der Waals surface area (Å²) in [5.41, 5.74) is 2.99. The van der Waals surface area contributed by atoms with Gasteiger partial charge in [0.05, 0.1) is 36.2 Å². The monoisotopic (exact) mass is 542 g/mol. The normalized spacial score (nSPS) is 18.0. The topological polar surface area (TPSA) is 141 Å². The molecule has 2 unspecified atom stereocenters. The fraction of sp³-hybridized carbons (Fsp3) is 0.462. The van der Waals surface area contributed by atoms with Crippen molar-refractivity contribution in [3.63, 3.8) is 0 Å². The van der Waals surface area contributed by atoms with E-state index in [2.05, 4.69) is 25.6 Å². The summed E-state index contributed by atoms with van der Waals surface area (Å²) >= 11 is 6.09. The molecule has 38 heavy (non-hydrogen) atoms. The number of pyridine rings is 2. The Hall–Kier alpha value is -3.73. The van der Waals surface area contributed by atoms with E-state index in [9.17, 15) is 14.7 Å². The number of carbonyl (C=O) groups excluding carboxylic acids is 1. The molecule has 3 atom stereocenters. The van der Waals surface area contributed by atoms with Crippen LogP contribution in [0.4, 0.5) is 4.79 Å². The van der Waals surface area contributed by atoms with Gasteiger partial charge in [-0.1, -0.05) is 35.7 Å². The number of amides is 1. The van der Waals surface area contributed by atoms with E-state index in [1.165, 1.54) is 0 Å². The average Bonchev–Trinajstić information content (AvgIpc) is 3.27. The first-order chi connectivity index (χ1) is 18.2. The number of carbonyl (C=O) groups is 2. The zero-order valence-electron chi connectivity index (χ0n) is 21.6. The molecule has 0 saturated heterocycles. The van der Waals surface area contributed by atoms with Crippen molar-refractivity contribution in [3.8, 4) is 17.1 Å². The number of carboxylic acid groups (broad SMARTS) is 1. The zero-order chi connectivity index (χ0) is 27.2. The number of aryl methyl sites for hydroxylation is 2. The molecule has 2 N–H and O–H groups in total. The number of aliphatic carboxylic acids is 1. The molecule has 3 aromatic rings. The third-order valence-corrected chi connectivity index (χ3v) is 7.13. The molecular formula is C26H31ClN6O5. The molecule has 0 aromatic carbocycles. The minimum atomic E-state index is -0.758. The molecule has 4 rings (SSSR count). The van der Waals surface area contributed by atoms with Gasteiger partial charge in [0, 0.05) is 24.7 Å². The number of nitrogens with one attached hydrogen (secondary N) is 1. The summed E-state index contributed by atoms with van der Waals surface area (Å²) in [6.07, 6.45) is 3.83. The van der Waals surface area contributed by atoms with Crippen LogP contribution in [0.1, 0.15) is 55.7 Å². The second-order valence-electron chi connectivity index (χ2n) is 9.37. The van der Waals surface area contributed by atoms with Gasteiger partial charge < -0.3 is 19.9 Å². The van der Waals surface area contributed by atoms with Crippen LogP contribution in [0, 0.1) is 18.8 Å². The Balaban J connectivity index is 1.39. The highest BCUT2D eigenvalue weighted by Crippen LogP contribution is 2.32. The summed E-state index contributed by atoms with van der Waals surface area (Å²) in [5.74, 6) is -0.554. The molecule has 1 saturated carbocycles. The Bertz CT molecular complexity index is 1300. The van der Waals surface area contributed by atoms with E-state index in [-0.39, 0.29) is 23.5 Å². The largest absolute Gasteiger partial charge is 0.491 e. The minimum absolute atomic E-state index is 0.0188. The van der Waals surface area contributed by atoms with Crippen molar-refractivity contribution in [3.05, 3.63) is 52.6 Å². The van der Waals surface area contributed by atoms with Crippen molar-refractivity contribution < 1.29 is 24.2 Å². The second kappa shape index (κ2) is 12.2. The second-order valence-corrected chi connectivity index (χ2v) is 9.73. The van der Waals surface area contributed by atoms with Gasteiger partial charge in [-0.2, -0.15) is 0 Å². The quantitative estimate of drug-likeness (QED) is 0.374. The van der Waals surface area contributed by atoms with Gasteiger partial charge in [-0.3, -0.25) is 4.79 Å². The summed E-state index contributed by atoms with van der Waals surface area (Å²) in [6, 6.07) is 7.05. The summed E-state index contributed by atoms with van der Waals surface area (Å²) in [6.45, 7) is 3.99. The number of alkyl carbamates (subject to hydrolysis) is 1. The summed E-state index contributed by atoms with van der Waals surface area (Å²) in [4.78, 5) is 32.7. The van der Waals surface area contributed by atoms with Gasteiger partial charge in [0.1, 0.15) is 22.7 Å². The van der Waals surface area contributed by atoms with Crippen LogP contribution in [-0.2, 0) is 23.1 Å². The van der Waals surface area contributed by atoms with E-state index in [4.69, 9.17) is 21.1 Å². The molecule has 1 amide bonds. The summed E-state index contributed by atoms with van der Waals surface area (Å²) < 4.78 is 13.0.